The van der Waals surface area contributed by atoms with Gasteiger partial charge in [0.25, 0.3) is 0 Å². The molecule has 2 aliphatic heterocycles. The average Bonchev–Trinajstić information content (AvgIpc) is 2.94. The third-order valence-electron chi connectivity index (χ3n) is 4.12. The average molecular weight is 412 g/mol. The third kappa shape index (κ3) is 3.28. The predicted octanol–water partition coefficient (Wildman–Crippen LogP) is 2.18. The van der Waals surface area contributed by atoms with E-state index in [0.717, 1.165) is 29.3 Å². The van der Waals surface area contributed by atoms with E-state index in [9.17, 15) is 8.42 Å². The fraction of sp³-hybridized carbons (Fsp3) is 0.571. The summed E-state index contributed by atoms with van der Waals surface area (Å²) in [5, 5.41) is 3.17. The van der Waals surface area contributed by atoms with Gasteiger partial charge in [0.05, 0.1) is 6.61 Å². The molecule has 22 heavy (non-hydrogen) atoms. The number of likely N-dealkylation sites (N-methyl/N-ethyl adjacent to an activating group) is 1. The zero-order chi connectivity index (χ0) is 15.0. The highest BCUT2D eigenvalue weighted by Crippen LogP contribution is 2.37. The minimum absolute atomic E-state index is 0. The standard InChI is InChI=1S/C14H19BrN2O3S.ClH/c1-16-12-3-2-5-17(9-12)21(18,19)13-8-11(15)7-10-4-6-20-14(10)13;/h7-8,12,16H,2-6,9H2,1H3;1H. The molecule has 1 aromatic rings. The van der Waals surface area contributed by atoms with Crippen LogP contribution >= 0.6 is 28.3 Å². The molecule has 124 valence electrons. The van der Waals surface area contributed by atoms with E-state index in [4.69, 9.17) is 4.74 Å². The van der Waals surface area contributed by atoms with Gasteiger partial charge in [0.2, 0.25) is 10.0 Å². The Kier molecular flexibility index (Phi) is 5.77. The second-order valence-electron chi connectivity index (χ2n) is 5.48. The molecular weight excluding hydrogens is 392 g/mol. The van der Waals surface area contributed by atoms with Crippen LogP contribution in [0, 0.1) is 0 Å². The van der Waals surface area contributed by atoms with Crippen molar-refractivity contribution in [1.82, 2.24) is 9.62 Å². The largest absolute Gasteiger partial charge is 0.492 e. The maximum absolute atomic E-state index is 13.0. The first kappa shape index (κ1) is 18.0. The fourth-order valence-corrected chi connectivity index (χ4v) is 5.34. The molecule has 1 N–H and O–H groups in total. The molecule has 2 heterocycles. The number of rotatable bonds is 3. The molecule has 8 heteroatoms. The number of hydrogen-bond acceptors (Lipinski definition) is 4. The van der Waals surface area contributed by atoms with Crippen molar-refractivity contribution in [2.75, 3.05) is 26.7 Å². The lowest BCUT2D eigenvalue weighted by atomic mass is 10.1. The van der Waals surface area contributed by atoms with Gasteiger partial charge in [-0.3, -0.25) is 0 Å². The Morgan fingerprint density at radius 3 is 2.91 bits per heavy atom. The molecular formula is C14H20BrClN2O3S. The summed E-state index contributed by atoms with van der Waals surface area (Å²) in [6.07, 6.45) is 2.65. The van der Waals surface area contributed by atoms with Gasteiger partial charge in [0.15, 0.2) is 0 Å². The van der Waals surface area contributed by atoms with Gasteiger partial charge < -0.3 is 10.1 Å². The highest BCUT2D eigenvalue weighted by Gasteiger charge is 2.34. The van der Waals surface area contributed by atoms with Crippen LogP contribution in [-0.4, -0.2) is 45.5 Å². The van der Waals surface area contributed by atoms with Crippen LogP contribution in [0.25, 0.3) is 0 Å². The lowest BCUT2D eigenvalue weighted by Crippen LogP contribution is -2.46. The van der Waals surface area contributed by atoms with Gasteiger partial charge in [0, 0.05) is 35.6 Å². The van der Waals surface area contributed by atoms with E-state index in [-0.39, 0.29) is 18.4 Å². The first-order valence-electron chi connectivity index (χ1n) is 7.15. The van der Waals surface area contributed by atoms with Crippen molar-refractivity contribution in [3.8, 4) is 5.75 Å². The van der Waals surface area contributed by atoms with E-state index >= 15 is 0 Å². The van der Waals surface area contributed by atoms with Crippen molar-refractivity contribution in [1.29, 1.82) is 0 Å². The minimum atomic E-state index is -3.51. The van der Waals surface area contributed by atoms with E-state index in [0.29, 0.717) is 30.3 Å². The van der Waals surface area contributed by atoms with Crippen molar-refractivity contribution >= 4 is 38.4 Å². The number of ether oxygens (including phenoxy) is 1. The Labute approximate surface area is 146 Å². The molecule has 5 nitrogen and oxygen atoms in total. The summed E-state index contributed by atoms with van der Waals surface area (Å²) >= 11 is 3.41. The van der Waals surface area contributed by atoms with Gasteiger partial charge in [0.1, 0.15) is 10.6 Å². The quantitative estimate of drug-likeness (QED) is 0.828. The van der Waals surface area contributed by atoms with Crippen molar-refractivity contribution in [3.63, 3.8) is 0 Å². The Morgan fingerprint density at radius 2 is 2.18 bits per heavy atom. The molecule has 2 aliphatic rings. The number of hydrogen-bond donors (Lipinski definition) is 1. The van der Waals surface area contributed by atoms with E-state index in [2.05, 4.69) is 21.2 Å². The van der Waals surface area contributed by atoms with Gasteiger partial charge in [-0.05, 0) is 32.0 Å². The van der Waals surface area contributed by atoms with Gasteiger partial charge in [-0.15, -0.1) is 12.4 Å². The molecule has 0 radical (unpaired) electrons. The molecule has 1 unspecified atom stereocenters. The summed E-state index contributed by atoms with van der Waals surface area (Å²) in [6, 6.07) is 3.81. The van der Waals surface area contributed by atoms with E-state index in [1.807, 2.05) is 13.1 Å². The van der Waals surface area contributed by atoms with Crippen molar-refractivity contribution in [2.24, 2.45) is 0 Å². The molecule has 1 atom stereocenters. The summed E-state index contributed by atoms with van der Waals surface area (Å²) in [5.74, 6) is 0.532. The van der Waals surface area contributed by atoms with Crippen molar-refractivity contribution in [2.45, 2.75) is 30.2 Å². The monoisotopic (exact) mass is 410 g/mol. The molecule has 1 saturated heterocycles. The molecule has 3 rings (SSSR count). The molecule has 1 fully saturated rings. The summed E-state index contributed by atoms with van der Waals surface area (Å²) in [6.45, 7) is 1.63. The van der Waals surface area contributed by atoms with Crippen LogP contribution in [0.2, 0.25) is 0 Å². The Balaban J connectivity index is 0.00000176. The molecule has 0 amide bonds. The number of piperidine rings is 1. The molecule has 0 aliphatic carbocycles. The van der Waals surface area contributed by atoms with Crippen LogP contribution in [0.1, 0.15) is 18.4 Å². The second kappa shape index (κ2) is 7.05. The maximum atomic E-state index is 13.0. The topological polar surface area (TPSA) is 58.6 Å². The van der Waals surface area contributed by atoms with Crippen molar-refractivity contribution in [3.05, 3.63) is 22.2 Å². The van der Waals surface area contributed by atoms with Gasteiger partial charge in [-0.1, -0.05) is 15.9 Å². The number of nitrogens with zero attached hydrogens (tertiary/aromatic N) is 1. The van der Waals surface area contributed by atoms with Crippen LogP contribution in [0.4, 0.5) is 0 Å². The lowest BCUT2D eigenvalue weighted by Gasteiger charge is -2.32. The maximum Gasteiger partial charge on any atom is 0.246 e. The summed E-state index contributed by atoms with van der Waals surface area (Å²) < 4.78 is 33.8. The number of benzene rings is 1. The molecule has 1 aromatic carbocycles. The second-order valence-corrected chi connectivity index (χ2v) is 8.30. The zero-order valence-corrected chi connectivity index (χ0v) is 15.6. The Bertz CT molecular complexity index is 654. The molecule has 0 saturated carbocycles. The highest BCUT2D eigenvalue weighted by atomic mass is 79.9. The van der Waals surface area contributed by atoms with Crippen LogP contribution < -0.4 is 10.1 Å². The first-order chi connectivity index (χ1) is 10.0. The normalized spacial score (nSPS) is 21.8. The highest BCUT2D eigenvalue weighted by molar-refractivity contribution is 9.10. The van der Waals surface area contributed by atoms with Crippen LogP contribution in [-0.2, 0) is 16.4 Å². The molecule has 0 aromatic heterocycles. The van der Waals surface area contributed by atoms with Crippen LogP contribution in [0.15, 0.2) is 21.5 Å². The van der Waals surface area contributed by atoms with Crippen molar-refractivity contribution < 1.29 is 13.2 Å². The minimum Gasteiger partial charge on any atom is -0.492 e. The van der Waals surface area contributed by atoms with Gasteiger partial charge >= 0.3 is 0 Å². The smallest absolute Gasteiger partial charge is 0.246 e. The summed E-state index contributed by atoms with van der Waals surface area (Å²) in [7, 11) is -1.64. The van der Waals surface area contributed by atoms with Gasteiger partial charge in [-0.2, -0.15) is 4.31 Å². The van der Waals surface area contributed by atoms with Crippen LogP contribution in [0.5, 0.6) is 5.75 Å². The third-order valence-corrected chi connectivity index (χ3v) is 6.45. The van der Waals surface area contributed by atoms with Crippen LogP contribution in [0.3, 0.4) is 0 Å². The summed E-state index contributed by atoms with van der Waals surface area (Å²) in [5.41, 5.74) is 0.963. The lowest BCUT2D eigenvalue weighted by molar-refractivity contribution is 0.290. The number of nitrogens with one attached hydrogen (secondary N) is 1. The molecule has 0 bridgehead atoms. The first-order valence-corrected chi connectivity index (χ1v) is 9.38. The predicted molar refractivity (Wildman–Crippen MR) is 91.4 cm³/mol. The van der Waals surface area contributed by atoms with E-state index in [1.165, 1.54) is 0 Å². The number of halogens is 2. The van der Waals surface area contributed by atoms with E-state index in [1.54, 1.807) is 10.4 Å². The number of fused-ring (bicyclic) bond motifs is 1. The zero-order valence-electron chi connectivity index (χ0n) is 12.3. The molecule has 0 spiro atoms. The fourth-order valence-electron chi connectivity index (χ4n) is 2.96. The number of sulfonamides is 1. The Morgan fingerprint density at radius 1 is 1.41 bits per heavy atom. The Hall–Kier alpha value is -0.340. The van der Waals surface area contributed by atoms with Gasteiger partial charge in [-0.25, -0.2) is 8.42 Å². The SMILES string of the molecule is CNC1CCCN(S(=O)(=O)c2cc(Br)cc3c2OCC3)C1.Cl. The van der Waals surface area contributed by atoms with E-state index < -0.39 is 10.0 Å². The summed E-state index contributed by atoms with van der Waals surface area (Å²) in [4.78, 5) is 0.293.